The molecule has 0 amide bonds. The lowest BCUT2D eigenvalue weighted by atomic mass is 9.98. The van der Waals surface area contributed by atoms with E-state index < -0.39 is 0 Å². The summed E-state index contributed by atoms with van der Waals surface area (Å²) in [7, 11) is 3.34. The molecule has 2 heterocycles. The second-order valence-electron chi connectivity index (χ2n) is 4.65. The SMILES string of the molecule is COC(=O)[C@H]1CCCN(Cc2ncc(Cl)n2C)C1. The number of hydrogen-bond acceptors (Lipinski definition) is 4. The first-order valence-electron chi connectivity index (χ1n) is 6.08. The Bertz CT molecular complexity index is 433. The lowest BCUT2D eigenvalue weighted by Crippen LogP contribution is -2.39. The molecule has 6 heteroatoms. The number of piperidine rings is 1. The van der Waals surface area contributed by atoms with Crippen LogP contribution in [0.25, 0.3) is 0 Å². The number of esters is 1. The van der Waals surface area contributed by atoms with Crippen LogP contribution in [-0.4, -0.2) is 40.6 Å². The fraction of sp³-hybridized carbons (Fsp3) is 0.667. The summed E-state index contributed by atoms with van der Waals surface area (Å²) in [5.41, 5.74) is 0. The molecule has 1 aromatic rings. The largest absolute Gasteiger partial charge is 0.469 e. The minimum absolute atomic E-state index is 0.0144. The van der Waals surface area contributed by atoms with E-state index in [9.17, 15) is 4.79 Å². The zero-order valence-corrected chi connectivity index (χ0v) is 11.5. The van der Waals surface area contributed by atoms with Crippen molar-refractivity contribution < 1.29 is 9.53 Å². The fourth-order valence-electron chi connectivity index (χ4n) is 2.33. The third kappa shape index (κ3) is 2.84. The van der Waals surface area contributed by atoms with Crippen LogP contribution in [0, 0.1) is 5.92 Å². The number of methoxy groups -OCH3 is 1. The van der Waals surface area contributed by atoms with Crippen LogP contribution in [0.4, 0.5) is 0 Å². The maximum absolute atomic E-state index is 11.5. The first kappa shape index (κ1) is 13.4. The highest BCUT2D eigenvalue weighted by Gasteiger charge is 2.27. The van der Waals surface area contributed by atoms with E-state index in [-0.39, 0.29) is 11.9 Å². The molecule has 100 valence electrons. The lowest BCUT2D eigenvalue weighted by Gasteiger charge is -2.30. The smallest absolute Gasteiger partial charge is 0.309 e. The van der Waals surface area contributed by atoms with Crippen molar-refractivity contribution in [2.45, 2.75) is 19.4 Å². The second kappa shape index (κ2) is 5.71. The molecule has 0 aromatic carbocycles. The summed E-state index contributed by atoms with van der Waals surface area (Å²) in [6.45, 7) is 2.44. The third-order valence-corrected chi connectivity index (χ3v) is 3.78. The number of halogens is 1. The molecule has 0 radical (unpaired) electrons. The molecule has 1 aromatic heterocycles. The Hall–Kier alpha value is -1.07. The summed E-state index contributed by atoms with van der Waals surface area (Å²) in [5, 5.41) is 0.631. The number of rotatable bonds is 3. The number of likely N-dealkylation sites (tertiary alicyclic amines) is 1. The number of carbonyl (C=O) groups excluding carboxylic acids is 1. The Labute approximate surface area is 112 Å². The van der Waals surface area contributed by atoms with Gasteiger partial charge in [-0.25, -0.2) is 4.98 Å². The predicted octanol–water partition coefficient (Wildman–Crippen LogP) is 1.46. The minimum atomic E-state index is -0.113. The van der Waals surface area contributed by atoms with Gasteiger partial charge in [-0.15, -0.1) is 0 Å². The molecular weight excluding hydrogens is 254 g/mol. The molecule has 1 atom stereocenters. The van der Waals surface area contributed by atoms with E-state index >= 15 is 0 Å². The molecule has 5 nitrogen and oxygen atoms in total. The summed E-state index contributed by atoms with van der Waals surface area (Å²) < 4.78 is 6.67. The Kier molecular flexibility index (Phi) is 4.24. The molecule has 0 N–H and O–H groups in total. The Morgan fingerprint density at radius 1 is 1.67 bits per heavy atom. The van der Waals surface area contributed by atoms with Crippen LogP contribution in [-0.2, 0) is 23.1 Å². The summed E-state index contributed by atoms with van der Waals surface area (Å²) in [6.07, 6.45) is 3.57. The van der Waals surface area contributed by atoms with Crippen molar-refractivity contribution in [2.75, 3.05) is 20.2 Å². The van der Waals surface area contributed by atoms with Crippen LogP contribution in [0.15, 0.2) is 6.20 Å². The van der Waals surface area contributed by atoms with Gasteiger partial charge in [-0.3, -0.25) is 9.69 Å². The van der Waals surface area contributed by atoms with Gasteiger partial charge >= 0.3 is 5.97 Å². The average Bonchev–Trinajstić information content (AvgIpc) is 2.70. The van der Waals surface area contributed by atoms with E-state index in [1.807, 2.05) is 11.6 Å². The van der Waals surface area contributed by atoms with E-state index in [0.717, 1.165) is 38.3 Å². The zero-order valence-electron chi connectivity index (χ0n) is 10.7. The van der Waals surface area contributed by atoms with E-state index in [2.05, 4.69) is 9.88 Å². The zero-order chi connectivity index (χ0) is 13.1. The number of hydrogen-bond donors (Lipinski definition) is 0. The third-order valence-electron chi connectivity index (χ3n) is 3.43. The van der Waals surface area contributed by atoms with Crippen molar-refractivity contribution in [2.24, 2.45) is 13.0 Å². The van der Waals surface area contributed by atoms with Crippen molar-refractivity contribution in [3.8, 4) is 0 Å². The summed E-state index contributed by atoms with van der Waals surface area (Å²) >= 11 is 5.96. The van der Waals surface area contributed by atoms with Crippen LogP contribution < -0.4 is 0 Å². The normalized spacial score (nSPS) is 20.9. The van der Waals surface area contributed by atoms with Gasteiger partial charge in [0.05, 0.1) is 25.8 Å². The Morgan fingerprint density at radius 2 is 2.44 bits per heavy atom. The van der Waals surface area contributed by atoms with E-state index in [0.29, 0.717) is 5.15 Å². The highest BCUT2D eigenvalue weighted by molar-refractivity contribution is 6.29. The van der Waals surface area contributed by atoms with Gasteiger partial charge in [0.25, 0.3) is 0 Å². The predicted molar refractivity (Wildman–Crippen MR) is 68.2 cm³/mol. The Morgan fingerprint density at radius 3 is 3.06 bits per heavy atom. The molecule has 1 aliphatic heterocycles. The minimum Gasteiger partial charge on any atom is -0.469 e. The van der Waals surface area contributed by atoms with Crippen molar-refractivity contribution in [1.82, 2.24) is 14.5 Å². The van der Waals surface area contributed by atoms with Gasteiger partial charge in [0.2, 0.25) is 0 Å². The molecular formula is C12H18ClN3O2. The average molecular weight is 272 g/mol. The molecule has 0 saturated carbocycles. The number of carbonyl (C=O) groups is 1. The molecule has 0 bridgehead atoms. The first-order valence-corrected chi connectivity index (χ1v) is 6.46. The fourth-order valence-corrected chi connectivity index (χ4v) is 2.48. The van der Waals surface area contributed by atoms with Gasteiger partial charge < -0.3 is 9.30 Å². The van der Waals surface area contributed by atoms with Crippen molar-refractivity contribution >= 4 is 17.6 Å². The van der Waals surface area contributed by atoms with Crippen LogP contribution in [0.3, 0.4) is 0 Å². The highest BCUT2D eigenvalue weighted by Crippen LogP contribution is 2.20. The topological polar surface area (TPSA) is 47.4 Å². The van der Waals surface area contributed by atoms with Crippen molar-refractivity contribution in [3.63, 3.8) is 0 Å². The second-order valence-corrected chi connectivity index (χ2v) is 5.04. The van der Waals surface area contributed by atoms with Gasteiger partial charge in [-0.05, 0) is 19.4 Å². The van der Waals surface area contributed by atoms with E-state index in [1.54, 1.807) is 6.20 Å². The monoisotopic (exact) mass is 271 g/mol. The molecule has 2 rings (SSSR count). The molecule has 1 saturated heterocycles. The van der Waals surface area contributed by atoms with Gasteiger partial charge in [0, 0.05) is 13.6 Å². The molecule has 1 aliphatic rings. The number of nitrogens with zero attached hydrogens (tertiary/aromatic N) is 3. The van der Waals surface area contributed by atoms with E-state index in [4.69, 9.17) is 16.3 Å². The number of imidazole rings is 1. The standard InChI is InChI=1S/C12H18ClN3O2/c1-15-10(13)6-14-11(15)8-16-5-3-4-9(7-16)12(17)18-2/h6,9H,3-5,7-8H2,1-2H3/t9-/m0/s1. The summed E-state index contributed by atoms with van der Waals surface area (Å²) in [5.74, 6) is 0.794. The number of aromatic nitrogens is 2. The van der Waals surface area contributed by atoms with Gasteiger partial charge in [-0.2, -0.15) is 0 Å². The van der Waals surface area contributed by atoms with Crippen LogP contribution in [0.5, 0.6) is 0 Å². The van der Waals surface area contributed by atoms with Crippen LogP contribution >= 0.6 is 11.6 Å². The molecule has 1 fully saturated rings. The molecule has 0 unspecified atom stereocenters. The maximum Gasteiger partial charge on any atom is 0.309 e. The quantitative estimate of drug-likeness (QED) is 0.781. The Balaban J connectivity index is 1.97. The lowest BCUT2D eigenvalue weighted by molar-refractivity contribution is -0.147. The van der Waals surface area contributed by atoms with Gasteiger partial charge in [0.15, 0.2) is 0 Å². The van der Waals surface area contributed by atoms with Gasteiger partial charge in [0.1, 0.15) is 11.0 Å². The van der Waals surface area contributed by atoms with Crippen LogP contribution in [0.2, 0.25) is 5.15 Å². The number of ether oxygens (including phenoxy) is 1. The van der Waals surface area contributed by atoms with Crippen molar-refractivity contribution in [1.29, 1.82) is 0 Å². The van der Waals surface area contributed by atoms with Gasteiger partial charge in [-0.1, -0.05) is 11.6 Å². The molecule has 18 heavy (non-hydrogen) atoms. The molecule has 0 aliphatic carbocycles. The van der Waals surface area contributed by atoms with E-state index in [1.165, 1.54) is 7.11 Å². The van der Waals surface area contributed by atoms with Crippen LogP contribution in [0.1, 0.15) is 18.7 Å². The molecule has 0 spiro atoms. The first-order chi connectivity index (χ1) is 8.61. The maximum atomic E-state index is 11.5. The summed E-state index contributed by atoms with van der Waals surface area (Å²) in [6, 6.07) is 0. The van der Waals surface area contributed by atoms with Crippen molar-refractivity contribution in [3.05, 3.63) is 17.2 Å². The summed E-state index contributed by atoms with van der Waals surface area (Å²) in [4.78, 5) is 18.0. The highest BCUT2D eigenvalue weighted by atomic mass is 35.5.